The molecular formula is C16H23ClFNO. The summed E-state index contributed by atoms with van der Waals surface area (Å²) in [6, 6.07) is 4.75. The van der Waals surface area contributed by atoms with Crippen LogP contribution in [0.4, 0.5) is 4.39 Å². The first-order valence-electron chi connectivity index (χ1n) is 7.27. The highest BCUT2D eigenvalue weighted by molar-refractivity contribution is 6.31. The van der Waals surface area contributed by atoms with Crippen molar-refractivity contribution in [1.82, 2.24) is 5.32 Å². The second-order valence-electron chi connectivity index (χ2n) is 6.04. The molecule has 0 radical (unpaired) electrons. The van der Waals surface area contributed by atoms with E-state index >= 15 is 0 Å². The van der Waals surface area contributed by atoms with E-state index in [4.69, 9.17) is 16.3 Å². The summed E-state index contributed by atoms with van der Waals surface area (Å²) in [6.07, 6.45) is 1.84. The third-order valence-electron chi connectivity index (χ3n) is 3.97. The maximum absolute atomic E-state index is 13.3. The lowest BCUT2D eigenvalue weighted by atomic mass is 9.74. The zero-order chi connectivity index (χ0) is 14.6. The Balaban J connectivity index is 2.21. The van der Waals surface area contributed by atoms with Gasteiger partial charge in [-0.2, -0.15) is 0 Å². The van der Waals surface area contributed by atoms with Gasteiger partial charge in [-0.25, -0.2) is 4.39 Å². The summed E-state index contributed by atoms with van der Waals surface area (Å²) in [5.74, 6) is 0.326. The van der Waals surface area contributed by atoms with Gasteiger partial charge in [-0.15, -0.1) is 0 Å². The first-order chi connectivity index (χ1) is 9.53. The van der Waals surface area contributed by atoms with Crippen molar-refractivity contribution in [3.8, 4) is 0 Å². The molecular weight excluding hydrogens is 277 g/mol. The molecule has 1 aromatic carbocycles. The minimum absolute atomic E-state index is 0.0437. The van der Waals surface area contributed by atoms with Crippen LogP contribution in [-0.2, 0) is 10.2 Å². The number of hydrogen-bond donors (Lipinski definition) is 1. The van der Waals surface area contributed by atoms with Gasteiger partial charge in [0, 0.05) is 30.2 Å². The molecule has 1 aliphatic heterocycles. The Morgan fingerprint density at radius 2 is 2.05 bits per heavy atom. The predicted molar refractivity (Wildman–Crippen MR) is 80.8 cm³/mol. The van der Waals surface area contributed by atoms with Gasteiger partial charge in [-0.1, -0.05) is 31.5 Å². The number of hydrogen-bond acceptors (Lipinski definition) is 2. The van der Waals surface area contributed by atoms with Crippen LogP contribution >= 0.6 is 11.6 Å². The van der Waals surface area contributed by atoms with Gasteiger partial charge >= 0.3 is 0 Å². The zero-order valence-electron chi connectivity index (χ0n) is 12.2. The molecule has 0 unspecified atom stereocenters. The molecule has 0 amide bonds. The molecule has 1 fully saturated rings. The van der Waals surface area contributed by atoms with Gasteiger partial charge < -0.3 is 10.1 Å². The molecule has 0 atom stereocenters. The van der Waals surface area contributed by atoms with E-state index in [1.165, 1.54) is 12.1 Å². The molecule has 112 valence electrons. The van der Waals surface area contributed by atoms with E-state index in [1.54, 1.807) is 0 Å². The number of ether oxygens (including phenoxy) is 1. The average Bonchev–Trinajstić information content (AvgIpc) is 2.39. The second kappa shape index (κ2) is 6.88. The van der Waals surface area contributed by atoms with Crippen molar-refractivity contribution in [2.45, 2.75) is 32.1 Å². The quantitative estimate of drug-likeness (QED) is 0.893. The molecule has 1 saturated heterocycles. The van der Waals surface area contributed by atoms with Gasteiger partial charge in [-0.05, 0) is 43.0 Å². The molecule has 0 aliphatic carbocycles. The molecule has 1 N–H and O–H groups in total. The molecule has 1 aromatic rings. The van der Waals surface area contributed by atoms with Crippen LogP contribution in [-0.4, -0.2) is 26.3 Å². The Bertz CT molecular complexity index is 444. The van der Waals surface area contributed by atoms with Crippen LogP contribution in [0.25, 0.3) is 0 Å². The number of halogens is 2. The lowest BCUT2D eigenvalue weighted by molar-refractivity contribution is 0.0497. The lowest BCUT2D eigenvalue weighted by Crippen LogP contribution is -2.43. The molecule has 4 heteroatoms. The Labute approximate surface area is 125 Å². The van der Waals surface area contributed by atoms with E-state index in [0.29, 0.717) is 10.9 Å². The van der Waals surface area contributed by atoms with Crippen molar-refractivity contribution < 1.29 is 9.13 Å². The van der Waals surface area contributed by atoms with Gasteiger partial charge in [0.05, 0.1) is 0 Å². The summed E-state index contributed by atoms with van der Waals surface area (Å²) < 4.78 is 18.8. The van der Waals surface area contributed by atoms with Crippen molar-refractivity contribution in [3.63, 3.8) is 0 Å². The Morgan fingerprint density at radius 1 is 1.35 bits per heavy atom. The number of benzene rings is 1. The fraction of sp³-hybridized carbons (Fsp3) is 0.625. The third-order valence-corrected chi connectivity index (χ3v) is 4.28. The normalized spacial score (nSPS) is 18.4. The third kappa shape index (κ3) is 3.72. The minimum atomic E-state index is -0.281. The second-order valence-corrected chi connectivity index (χ2v) is 6.45. The van der Waals surface area contributed by atoms with Gasteiger partial charge in [0.2, 0.25) is 0 Å². The molecule has 2 rings (SSSR count). The van der Waals surface area contributed by atoms with Gasteiger partial charge in [0.15, 0.2) is 0 Å². The summed E-state index contributed by atoms with van der Waals surface area (Å²) >= 11 is 6.29. The molecule has 0 aromatic heterocycles. The van der Waals surface area contributed by atoms with Crippen LogP contribution in [0.3, 0.4) is 0 Å². The van der Waals surface area contributed by atoms with E-state index in [9.17, 15) is 4.39 Å². The maximum Gasteiger partial charge on any atom is 0.124 e. The molecule has 1 heterocycles. The smallest absolute Gasteiger partial charge is 0.124 e. The Morgan fingerprint density at radius 3 is 2.65 bits per heavy atom. The molecule has 0 saturated carbocycles. The monoisotopic (exact) mass is 299 g/mol. The lowest BCUT2D eigenvalue weighted by Gasteiger charge is -2.38. The highest BCUT2D eigenvalue weighted by Crippen LogP contribution is 2.38. The summed E-state index contributed by atoms with van der Waals surface area (Å²) in [4.78, 5) is 0. The summed E-state index contributed by atoms with van der Waals surface area (Å²) in [5.41, 5.74) is 0.998. The predicted octanol–water partition coefficient (Wildman–Crippen LogP) is 3.77. The largest absolute Gasteiger partial charge is 0.381 e. The van der Waals surface area contributed by atoms with E-state index < -0.39 is 0 Å². The van der Waals surface area contributed by atoms with Crippen molar-refractivity contribution in [3.05, 3.63) is 34.6 Å². The van der Waals surface area contributed by atoms with E-state index in [0.717, 1.165) is 44.7 Å². The van der Waals surface area contributed by atoms with Gasteiger partial charge in [-0.3, -0.25) is 0 Å². The van der Waals surface area contributed by atoms with Crippen LogP contribution in [0, 0.1) is 11.7 Å². The molecule has 1 aliphatic rings. The highest BCUT2D eigenvalue weighted by Gasteiger charge is 2.35. The molecule has 0 bridgehead atoms. The van der Waals surface area contributed by atoms with Crippen molar-refractivity contribution in [2.24, 2.45) is 5.92 Å². The first-order valence-corrected chi connectivity index (χ1v) is 7.65. The first kappa shape index (κ1) is 15.7. The van der Waals surface area contributed by atoms with Crippen LogP contribution in [0.2, 0.25) is 5.02 Å². The van der Waals surface area contributed by atoms with Crippen molar-refractivity contribution >= 4 is 11.6 Å². The fourth-order valence-corrected chi connectivity index (χ4v) is 3.19. The minimum Gasteiger partial charge on any atom is -0.381 e. The van der Waals surface area contributed by atoms with Crippen molar-refractivity contribution in [2.75, 3.05) is 26.3 Å². The average molecular weight is 300 g/mol. The SMILES string of the molecule is CC(C)CNCC1(c2ccc(F)cc2Cl)CCOCC1. The van der Waals surface area contributed by atoms with Gasteiger partial charge in [0.25, 0.3) is 0 Å². The van der Waals surface area contributed by atoms with Gasteiger partial charge in [0.1, 0.15) is 5.82 Å². The van der Waals surface area contributed by atoms with Crippen LogP contribution < -0.4 is 5.32 Å². The van der Waals surface area contributed by atoms with Crippen LogP contribution in [0.1, 0.15) is 32.3 Å². The maximum atomic E-state index is 13.3. The summed E-state index contributed by atoms with van der Waals surface area (Å²) in [5, 5.41) is 4.05. The standard InChI is InChI=1S/C16H23ClFNO/c1-12(2)10-19-11-16(5-7-20-8-6-16)14-4-3-13(18)9-15(14)17/h3-4,9,12,19H,5-8,10-11H2,1-2H3. The Hall–Kier alpha value is -0.640. The number of nitrogens with one attached hydrogen (secondary N) is 1. The van der Waals surface area contributed by atoms with Crippen LogP contribution in [0.5, 0.6) is 0 Å². The molecule has 0 spiro atoms. The Kier molecular flexibility index (Phi) is 5.42. The zero-order valence-corrected chi connectivity index (χ0v) is 13.0. The van der Waals surface area contributed by atoms with Crippen molar-refractivity contribution in [1.29, 1.82) is 0 Å². The number of rotatable bonds is 5. The fourth-order valence-electron chi connectivity index (χ4n) is 2.82. The molecule has 20 heavy (non-hydrogen) atoms. The van der Waals surface area contributed by atoms with E-state index in [2.05, 4.69) is 19.2 Å². The van der Waals surface area contributed by atoms with E-state index in [-0.39, 0.29) is 11.2 Å². The summed E-state index contributed by atoms with van der Waals surface area (Å²) in [7, 11) is 0. The highest BCUT2D eigenvalue weighted by atomic mass is 35.5. The summed E-state index contributed by atoms with van der Waals surface area (Å²) in [6.45, 7) is 7.68. The molecule has 2 nitrogen and oxygen atoms in total. The van der Waals surface area contributed by atoms with E-state index in [1.807, 2.05) is 6.07 Å². The topological polar surface area (TPSA) is 21.3 Å². The van der Waals surface area contributed by atoms with Crippen LogP contribution in [0.15, 0.2) is 18.2 Å².